The summed E-state index contributed by atoms with van der Waals surface area (Å²) in [6.45, 7) is 0. The Hall–Kier alpha value is -1.81. The lowest BCUT2D eigenvalue weighted by Gasteiger charge is -2.16. The molecule has 0 spiro atoms. The molecule has 0 N–H and O–H groups in total. The summed E-state index contributed by atoms with van der Waals surface area (Å²) in [7, 11) is 0. The fourth-order valence-corrected chi connectivity index (χ4v) is 2.39. The number of rotatable bonds is 1. The van der Waals surface area contributed by atoms with Gasteiger partial charge in [-0.25, -0.2) is 0 Å². The summed E-state index contributed by atoms with van der Waals surface area (Å²) in [5.41, 5.74) is 2.44. The third kappa shape index (κ3) is 1.53. The summed E-state index contributed by atoms with van der Waals surface area (Å²) in [5.74, 6) is -0.308. The van der Waals surface area contributed by atoms with Gasteiger partial charge in [0.1, 0.15) is 5.69 Å². The minimum atomic E-state index is -0.179. The maximum Gasteiger partial charge on any atom is 0.212 e. The third-order valence-corrected chi connectivity index (χ3v) is 3.62. The number of halogens is 1. The van der Waals surface area contributed by atoms with E-state index in [9.17, 15) is 9.59 Å². The van der Waals surface area contributed by atoms with E-state index in [0.29, 0.717) is 22.0 Å². The van der Waals surface area contributed by atoms with Crippen LogP contribution in [0.4, 0.5) is 0 Å². The van der Waals surface area contributed by atoms with Crippen molar-refractivity contribution in [2.45, 2.75) is 5.33 Å². The lowest BCUT2D eigenvalue weighted by atomic mass is 9.86. The van der Waals surface area contributed by atoms with Gasteiger partial charge in [0.05, 0.1) is 5.56 Å². The highest BCUT2D eigenvalue weighted by molar-refractivity contribution is 9.08. The van der Waals surface area contributed by atoms with Crippen molar-refractivity contribution in [2.75, 3.05) is 0 Å². The Balaban J connectivity index is 2.27. The van der Waals surface area contributed by atoms with Crippen LogP contribution in [0.3, 0.4) is 0 Å². The molecule has 0 saturated heterocycles. The highest BCUT2D eigenvalue weighted by Gasteiger charge is 2.30. The summed E-state index contributed by atoms with van der Waals surface area (Å²) in [6.07, 6.45) is 1.62. The average molecular weight is 302 g/mol. The zero-order valence-corrected chi connectivity index (χ0v) is 10.9. The van der Waals surface area contributed by atoms with Crippen LogP contribution in [0.25, 0.3) is 0 Å². The standard InChI is InChI=1S/C14H8BrNO2/c15-6-8-5-11-12(16-7-8)14(18)10-4-2-1-3-9(10)13(11)17/h1-5,7H,6H2. The molecule has 3 rings (SSSR count). The van der Waals surface area contributed by atoms with Crippen LogP contribution >= 0.6 is 15.9 Å². The lowest BCUT2D eigenvalue weighted by molar-refractivity contribution is 0.0975. The number of hydrogen-bond acceptors (Lipinski definition) is 3. The molecule has 0 bridgehead atoms. The maximum atomic E-state index is 12.3. The van der Waals surface area contributed by atoms with E-state index >= 15 is 0 Å². The second-order valence-corrected chi connectivity index (χ2v) is 4.64. The number of alkyl halides is 1. The van der Waals surface area contributed by atoms with Gasteiger partial charge in [-0.2, -0.15) is 0 Å². The number of aromatic nitrogens is 1. The molecule has 3 nitrogen and oxygen atoms in total. The van der Waals surface area contributed by atoms with Crippen LogP contribution in [-0.2, 0) is 5.33 Å². The fourth-order valence-electron chi connectivity index (χ4n) is 2.09. The molecule has 18 heavy (non-hydrogen) atoms. The van der Waals surface area contributed by atoms with Crippen LogP contribution in [0.2, 0.25) is 0 Å². The first-order valence-corrected chi connectivity index (χ1v) is 6.58. The Kier molecular flexibility index (Phi) is 2.59. The normalized spacial score (nSPS) is 13.2. The van der Waals surface area contributed by atoms with Crippen molar-refractivity contribution in [3.8, 4) is 0 Å². The topological polar surface area (TPSA) is 47.0 Å². The van der Waals surface area contributed by atoms with Crippen LogP contribution in [0.1, 0.15) is 37.5 Å². The summed E-state index contributed by atoms with van der Waals surface area (Å²) in [6, 6.07) is 8.59. The Bertz CT molecular complexity index is 679. The summed E-state index contributed by atoms with van der Waals surface area (Å²) >= 11 is 3.32. The number of benzene rings is 1. The molecule has 0 atom stereocenters. The van der Waals surface area contributed by atoms with Crippen LogP contribution in [0.15, 0.2) is 36.5 Å². The largest absolute Gasteiger partial charge is 0.288 e. The van der Waals surface area contributed by atoms with Gasteiger partial charge in [-0.3, -0.25) is 14.6 Å². The number of nitrogens with zero attached hydrogens (tertiary/aromatic N) is 1. The summed E-state index contributed by atoms with van der Waals surface area (Å²) in [5, 5.41) is 0.608. The summed E-state index contributed by atoms with van der Waals surface area (Å²) in [4.78, 5) is 28.7. The number of ketones is 2. The number of carbonyl (C=O) groups is 2. The van der Waals surface area contributed by atoms with Crippen molar-refractivity contribution in [3.63, 3.8) is 0 Å². The van der Waals surface area contributed by atoms with Crippen molar-refractivity contribution >= 4 is 27.5 Å². The molecule has 0 amide bonds. The van der Waals surface area contributed by atoms with E-state index in [1.54, 1.807) is 36.5 Å². The lowest BCUT2D eigenvalue weighted by Crippen LogP contribution is -2.22. The Morgan fingerprint density at radius 1 is 1.00 bits per heavy atom. The Morgan fingerprint density at radius 2 is 1.67 bits per heavy atom. The molecule has 1 aliphatic rings. The van der Waals surface area contributed by atoms with Crippen LogP contribution in [-0.4, -0.2) is 16.6 Å². The number of fused-ring (bicyclic) bond motifs is 2. The first kappa shape index (κ1) is 11.3. The van der Waals surface area contributed by atoms with E-state index < -0.39 is 0 Å². The van der Waals surface area contributed by atoms with E-state index in [4.69, 9.17) is 0 Å². The molecule has 2 aromatic rings. The second kappa shape index (κ2) is 4.14. The molecule has 0 saturated carbocycles. The monoisotopic (exact) mass is 301 g/mol. The van der Waals surface area contributed by atoms with E-state index in [1.807, 2.05) is 0 Å². The van der Waals surface area contributed by atoms with Gasteiger partial charge in [0.2, 0.25) is 5.78 Å². The van der Waals surface area contributed by atoms with Gasteiger partial charge >= 0.3 is 0 Å². The van der Waals surface area contributed by atoms with Crippen molar-refractivity contribution in [2.24, 2.45) is 0 Å². The highest BCUT2D eigenvalue weighted by atomic mass is 79.9. The van der Waals surface area contributed by atoms with Crippen LogP contribution < -0.4 is 0 Å². The van der Waals surface area contributed by atoms with Gasteiger partial charge < -0.3 is 0 Å². The van der Waals surface area contributed by atoms with Gasteiger partial charge in [-0.1, -0.05) is 40.2 Å². The smallest absolute Gasteiger partial charge is 0.212 e. The Labute approximate surface area is 112 Å². The molecule has 4 heteroatoms. The second-order valence-electron chi connectivity index (χ2n) is 4.08. The van der Waals surface area contributed by atoms with E-state index in [2.05, 4.69) is 20.9 Å². The van der Waals surface area contributed by atoms with E-state index in [-0.39, 0.29) is 17.3 Å². The Morgan fingerprint density at radius 3 is 2.33 bits per heavy atom. The number of carbonyl (C=O) groups excluding carboxylic acids is 2. The summed E-state index contributed by atoms with van der Waals surface area (Å²) < 4.78 is 0. The zero-order chi connectivity index (χ0) is 12.7. The average Bonchev–Trinajstić information content (AvgIpc) is 2.44. The molecule has 1 aromatic carbocycles. The maximum absolute atomic E-state index is 12.3. The molecule has 0 fully saturated rings. The predicted molar refractivity (Wildman–Crippen MR) is 70.2 cm³/mol. The number of pyridine rings is 1. The zero-order valence-electron chi connectivity index (χ0n) is 9.31. The highest BCUT2D eigenvalue weighted by Crippen LogP contribution is 2.26. The van der Waals surface area contributed by atoms with Crippen molar-refractivity contribution in [3.05, 3.63) is 64.5 Å². The quantitative estimate of drug-likeness (QED) is 0.649. The predicted octanol–water partition coefficient (Wildman–Crippen LogP) is 2.75. The molecule has 0 unspecified atom stereocenters. The van der Waals surface area contributed by atoms with Gasteiger partial charge in [0, 0.05) is 22.7 Å². The van der Waals surface area contributed by atoms with Gasteiger partial charge in [0.15, 0.2) is 5.78 Å². The van der Waals surface area contributed by atoms with Crippen molar-refractivity contribution in [1.82, 2.24) is 4.98 Å². The van der Waals surface area contributed by atoms with Crippen LogP contribution in [0, 0.1) is 0 Å². The molecule has 88 valence electrons. The SMILES string of the molecule is O=C1c2ccccc2C(=O)c2ncc(CBr)cc21. The molecule has 0 radical (unpaired) electrons. The van der Waals surface area contributed by atoms with E-state index in [0.717, 1.165) is 5.56 Å². The van der Waals surface area contributed by atoms with Gasteiger partial charge in [-0.05, 0) is 11.6 Å². The fraction of sp³-hybridized carbons (Fsp3) is 0.0714. The van der Waals surface area contributed by atoms with Gasteiger partial charge in [-0.15, -0.1) is 0 Å². The first-order chi connectivity index (χ1) is 8.72. The van der Waals surface area contributed by atoms with Crippen molar-refractivity contribution < 1.29 is 9.59 Å². The molecule has 1 heterocycles. The van der Waals surface area contributed by atoms with Crippen LogP contribution in [0.5, 0.6) is 0 Å². The molecular weight excluding hydrogens is 294 g/mol. The van der Waals surface area contributed by atoms with E-state index in [1.165, 1.54) is 0 Å². The first-order valence-electron chi connectivity index (χ1n) is 5.45. The third-order valence-electron chi connectivity index (χ3n) is 2.97. The molecule has 0 aliphatic heterocycles. The molecule has 1 aromatic heterocycles. The molecule has 1 aliphatic carbocycles. The van der Waals surface area contributed by atoms with Crippen molar-refractivity contribution in [1.29, 1.82) is 0 Å². The van der Waals surface area contributed by atoms with Gasteiger partial charge in [0.25, 0.3) is 0 Å². The molecular formula is C14H8BrNO2. The number of hydrogen-bond donors (Lipinski definition) is 0. The minimum absolute atomic E-state index is 0.129. The minimum Gasteiger partial charge on any atom is -0.288 e.